The Balaban J connectivity index is 2.03. The largest absolute Gasteiger partial charge is 0.491 e. The summed E-state index contributed by atoms with van der Waals surface area (Å²) in [5.41, 5.74) is 0.973. The molecular weight excluding hydrogens is 306 g/mol. The standard InChI is InChI=1S/C17H25N5O2/c1-4-19-7-5-9-24-14-11-17(21-12-15(14)23-3)22-16-10-13(18-2)6-8-20-16/h6,8,10-12,19H,4-5,7,9H2,1-3H3,(H2,18,20,21,22). The van der Waals surface area contributed by atoms with Gasteiger partial charge in [0.25, 0.3) is 0 Å². The third kappa shape index (κ3) is 5.27. The first-order valence-electron chi connectivity index (χ1n) is 8.05. The summed E-state index contributed by atoms with van der Waals surface area (Å²) in [5.74, 6) is 2.63. The zero-order valence-electron chi connectivity index (χ0n) is 14.4. The fraction of sp³-hybridized carbons (Fsp3) is 0.412. The summed E-state index contributed by atoms with van der Waals surface area (Å²) in [6.07, 6.45) is 4.30. The molecule has 7 nitrogen and oxygen atoms in total. The Hall–Kier alpha value is -2.54. The number of ether oxygens (including phenoxy) is 2. The Labute approximate surface area is 142 Å². The van der Waals surface area contributed by atoms with Crippen molar-refractivity contribution in [1.82, 2.24) is 15.3 Å². The van der Waals surface area contributed by atoms with Crippen LogP contribution in [0.3, 0.4) is 0 Å². The fourth-order valence-electron chi connectivity index (χ4n) is 2.10. The molecule has 0 atom stereocenters. The van der Waals surface area contributed by atoms with E-state index in [0.29, 0.717) is 29.7 Å². The van der Waals surface area contributed by atoms with Crippen LogP contribution in [-0.2, 0) is 0 Å². The van der Waals surface area contributed by atoms with Gasteiger partial charge in [0.05, 0.1) is 19.9 Å². The van der Waals surface area contributed by atoms with Gasteiger partial charge >= 0.3 is 0 Å². The van der Waals surface area contributed by atoms with E-state index in [1.807, 2.05) is 25.2 Å². The summed E-state index contributed by atoms with van der Waals surface area (Å²) in [6.45, 7) is 4.59. The molecule has 0 aliphatic carbocycles. The Bertz CT molecular complexity index is 636. The second kappa shape index (κ2) is 9.57. The maximum atomic E-state index is 5.82. The molecule has 0 saturated carbocycles. The molecule has 2 rings (SSSR count). The van der Waals surface area contributed by atoms with Gasteiger partial charge < -0.3 is 25.4 Å². The van der Waals surface area contributed by atoms with E-state index in [-0.39, 0.29) is 0 Å². The van der Waals surface area contributed by atoms with Crippen LogP contribution in [0.25, 0.3) is 0 Å². The van der Waals surface area contributed by atoms with Crippen molar-refractivity contribution in [3.8, 4) is 11.5 Å². The van der Waals surface area contributed by atoms with E-state index in [4.69, 9.17) is 9.47 Å². The number of hydrogen-bond donors (Lipinski definition) is 3. The SMILES string of the molecule is CCNCCCOc1cc(Nc2cc(NC)ccn2)ncc1OC. The molecule has 2 aromatic heterocycles. The minimum absolute atomic E-state index is 0.611. The zero-order chi connectivity index (χ0) is 17.2. The molecule has 0 aromatic carbocycles. The first kappa shape index (κ1) is 17.8. The molecule has 0 radical (unpaired) electrons. The molecule has 0 bridgehead atoms. The minimum Gasteiger partial charge on any atom is -0.491 e. The van der Waals surface area contributed by atoms with Crippen LogP contribution in [-0.4, -0.2) is 43.8 Å². The normalized spacial score (nSPS) is 10.3. The highest BCUT2D eigenvalue weighted by atomic mass is 16.5. The minimum atomic E-state index is 0.611. The van der Waals surface area contributed by atoms with Gasteiger partial charge in [0, 0.05) is 31.1 Å². The smallest absolute Gasteiger partial charge is 0.179 e. The highest BCUT2D eigenvalue weighted by molar-refractivity contribution is 5.60. The number of rotatable bonds is 10. The van der Waals surface area contributed by atoms with Gasteiger partial charge in [0.2, 0.25) is 0 Å². The van der Waals surface area contributed by atoms with Crippen LogP contribution in [0.1, 0.15) is 13.3 Å². The number of nitrogens with zero attached hydrogens (tertiary/aromatic N) is 2. The third-order valence-electron chi connectivity index (χ3n) is 3.36. The topological polar surface area (TPSA) is 80.3 Å². The Morgan fingerprint density at radius 3 is 2.71 bits per heavy atom. The molecule has 130 valence electrons. The van der Waals surface area contributed by atoms with Crippen molar-refractivity contribution in [2.45, 2.75) is 13.3 Å². The van der Waals surface area contributed by atoms with Crippen molar-refractivity contribution in [3.63, 3.8) is 0 Å². The predicted octanol–water partition coefficient (Wildman–Crippen LogP) is 2.65. The van der Waals surface area contributed by atoms with Crippen molar-refractivity contribution in [2.24, 2.45) is 0 Å². The van der Waals surface area contributed by atoms with Crippen molar-refractivity contribution in [1.29, 1.82) is 0 Å². The quantitative estimate of drug-likeness (QED) is 0.578. The van der Waals surface area contributed by atoms with E-state index in [0.717, 1.165) is 25.2 Å². The maximum Gasteiger partial charge on any atom is 0.179 e. The number of anilines is 3. The number of nitrogens with one attached hydrogen (secondary N) is 3. The van der Waals surface area contributed by atoms with Crippen LogP contribution < -0.4 is 25.4 Å². The molecule has 7 heteroatoms. The van der Waals surface area contributed by atoms with Gasteiger partial charge in [0.15, 0.2) is 11.5 Å². The van der Waals surface area contributed by atoms with Crippen LogP contribution in [0, 0.1) is 0 Å². The van der Waals surface area contributed by atoms with Gasteiger partial charge in [-0.1, -0.05) is 6.92 Å². The molecule has 0 spiro atoms. The first-order valence-corrected chi connectivity index (χ1v) is 8.05. The predicted molar refractivity (Wildman–Crippen MR) is 96.5 cm³/mol. The van der Waals surface area contributed by atoms with Gasteiger partial charge in [-0.25, -0.2) is 9.97 Å². The second-order valence-electron chi connectivity index (χ2n) is 5.08. The average Bonchev–Trinajstić information content (AvgIpc) is 2.62. The summed E-state index contributed by atoms with van der Waals surface area (Å²) >= 11 is 0. The molecule has 0 amide bonds. The fourth-order valence-corrected chi connectivity index (χ4v) is 2.10. The van der Waals surface area contributed by atoms with Crippen molar-refractivity contribution in [2.75, 3.05) is 44.5 Å². The lowest BCUT2D eigenvalue weighted by Gasteiger charge is -2.13. The first-order chi connectivity index (χ1) is 11.8. The number of aromatic nitrogens is 2. The highest BCUT2D eigenvalue weighted by Crippen LogP contribution is 2.29. The number of hydrogen-bond acceptors (Lipinski definition) is 7. The molecule has 3 N–H and O–H groups in total. The zero-order valence-corrected chi connectivity index (χ0v) is 14.4. The molecule has 2 heterocycles. The van der Waals surface area contributed by atoms with Crippen molar-refractivity contribution < 1.29 is 9.47 Å². The van der Waals surface area contributed by atoms with Crippen LogP contribution in [0.2, 0.25) is 0 Å². The van der Waals surface area contributed by atoms with E-state index in [1.54, 1.807) is 19.5 Å². The molecule has 2 aromatic rings. The van der Waals surface area contributed by atoms with Crippen LogP contribution >= 0.6 is 0 Å². The van der Waals surface area contributed by atoms with E-state index in [1.165, 1.54) is 0 Å². The molecule has 24 heavy (non-hydrogen) atoms. The van der Waals surface area contributed by atoms with Gasteiger partial charge in [0.1, 0.15) is 11.6 Å². The molecule has 0 saturated heterocycles. The molecule has 0 aliphatic rings. The summed E-state index contributed by atoms with van der Waals surface area (Å²) in [7, 11) is 3.47. The van der Waals surface area contributed by atoms with Crippen LogP contribution in [0.4, 0.5) is 17.3 Å². The monoisotopic (exact) mass is 331 g/mol. The van der Waals surface area contributed by atoms with E-state index in [2.05, 4.69) is 32.8 Å². The van der Waals surface area contributed by atoms with Crippen molar-refractivity contribution in [3.05, 3.63) is 30.6 Å². The van der Waals surface area contributed by atoms with Gasteiger partial charge in [-0.3, -0.25) is 0 Å². The van der Waals surface area contributed by atoms with E-state index in [9.17, 15) is 0 Å². The lowest BCUT2D eigenvalue weighted by molar-refractivity contribution is 0.287. The summed E-state index contributed by atoms with van der Waals surface area (Å²) in [5, 5.41) is 9.52. The summed E-state index contributed by atoms with van der Waals surface area (Å²) < 4.78 is 11.1. The van der Waals surface area contributed by atoms with Crippen LogP contribution in [0.15, 0.2) is 30.6 Å². The highest BCUT2D eigenvalue weighted by Gasteiger charge is 2.08. The van der Waals surface area contributed by atoms with Crippen LogP contribution in [0.5, 0.6) is 11.5 Å². The third-order valence-corrected chi connectivity index (χ3v) is 3.36. The van der Waals surface area contributed by atoms with E-state index < -0.39 is 0 Å². The second-order valence-corrected chi connectivity index (χ2v) is 5.08. The Morgan fingerprint density at radius 1 is 1.12 bits per heavy atom. The lowest BCUT2D eigenvalue weighted by atomic mass is 10.3. The molecule has 0 fully saturated rings. The summed E-state index contributed by atoms with van der Waals surface area (Å²) in [4.78, 5) is 8.61. The van der Waals surface area contributed by atoms with E-state index >= 15 is 0 Å². The Kier molecular flexibility index (Phi) is 7.10. The molecule has 0 unspecified atom stereocenters. The summed E-state index contributed by atoms with van der Waals surface area (Å²) in [6, 6.07) is 5.62. The van der Waals surface area contributed by atoms with Gasteiger partial charge in [-0.2, -0.15) is 0 Å². The average molecular weight is 331 g/mol. The number of pyridine rings is 2. The van der Waals surface area contributed by atoms with Crippen molar-refractivity contribution >= 4 is 17.3 Å². The number of methoxy groups -OCH3 is 1. The maximum absolute atomic E-state index is 5.82. The molecular formula is C17H25N5O2. The lowest BCUT2D eigenvalue weighted by Crippen LogP contribution is -2.16. The van der Waals surface area contributed by atoms with Gasteiger partial charge in [-0.15, -0.1) is 0 Å². The van der Waals surface area contributed by atoms with Gasteiger partial charge in [-0.05, 0) is 25.6 Å². The molecule has 0 aliphatic heterocycles. The Morgan fingerprint density at radius 2 is 1.96 bits per heavy atom.